The van der Waals surface area contributed by atoms with Crippen LogP contribution in [0.2, 0.25) is 0 Å². The Morgan fingerprint density at radius 2 is 2.44 bits per heavy atom. The van der Waals surface area contributed by atoms with Gasteiger partial charge in [0.25, 0.3) is 0 Å². The standard InChI is InChI=1S/C14H19NO2S/c1-4-17-14(16)10(2)9-15-7-5-13-12(11(15)3)6-8-18-13/h6,8,11H,2,4-5,7,9H2,1,3H3. The van der Waals surface area contributed by atoms with Gasteiger partial charge in [-0.2, -0.15) is 0 Å². The van der Waals surface area contributed by atoms with Crippen LogP contribution in [0, 0.1) is 0 Å². The third-order valence-corrected chi connectivity index (χ3v) is 4.36. The SMILES string of the molecule is C=C(CN1CCc2sccc2C1C)C(=O)OCC. The van der Waals surface area contributed by atoms with E-state index < -0.39 is 0 Å². The van der Waals surface area contributed by atoms with Crippen LogP contribution in [0.4, 0.5) is 0 Å². The molecule has 3 nitrogen and oxygen atoms in total. The summed E-state index contributed by atoms with van der Waals surface area (Å²) < 4.78 is 4.97. The smallest absolute Gasteiger partial charge is 0.334 e. The van der Waals surface area contributed by atoms with E-state index in [0.717, 1.165) is 13.0 Å². The number of hydrogen-bond acceptors (Lipinski definition) is 4. The van der Waals surface area contributed by atoms with Crippen LogP contribution in [0.1, 0.15) is 30.3 Å². The van der Waals surface area contributed by atoms with Gasteiger partial charge in [-0.3, -0.25) is 4.90 Å². The molecule has 0 saturated heterocycles. The van der Waals surface area contributed by atoms with Crippen molar-refractivity contribution in [2.75, 3.05) is 19.7 Å². The highest BCUT2D eigenvalue weighted by molar-refractivity contribution is 7.10. The predicted molar refractivity (Wildman–Crippen MR) is 73.8 cm³/mol. The van der Waals surface area contributed by atoms with Crippen molar-refractivity contribution in [1.29, 1.82) is 0 Å². The van der Waals surface area contributed by atoms with E-state index in [-0.39, 0.29) is 5.97 Å². The molecule has 1 aromatic rings. The van der Waals surface area contributed by atoms with Crippen LogP contribution in [0.5, 0.6) is 0 Å². The van der Waals surface area contributed by atoms with E-state index >= 15 is 0 Å². The zero-order valence-corrected chi connectivity index (χ0v) is 11.8. The van der Waals surface area contributed by atoms with Crippen molar-refractivity contribution in [2.24, 2.45) is 0 Å². The Labute approximate surface area is 112 Å². The molecular formula is C14H19NO2S. The number of esters is 1. The van der Waals surface area contributed by atoms with Gasteiger partial charge in [0.1, 0.15) is 0 Å². The number of rotatable bonds is 4. The van der Waals surface area contributed by atoms with Crippen LogP contribution in [0.15, 0.2) is 23.6 Å². The van der Waals surface area contributed by atoms with E-state index in [1.54, 1.807) is 0 Å². The van der Waals surface area contributed by atoms with Gasteiger partial charge in [0.05, 0.1) is 6.61 Å². The minimum Gasteiger partial charge on any atom is -0.463 e. The zero-order chi connectivity index (χ0) is 13.1. The molecule has 1 atom stereocenters. The number of thiophene rings is 1. The molecule has 2 rings (SSSR count). The Balaban J connectivity index is 2.00. The Hall–Kier alpha value is -1.13. The lowest BCUT2D eigenvalue weighted by molar-refractivity contribution is -0.138. The summed E-state index contributed by atoms with van der Waals surface area (Å²) in [7, 11) is 0. The number of hydrogen-bond donors (Lipinski definition) is 0. The van der Waals surface area contributed by atoms with Crippen LogP contribution >= 0.6 is 11.3 Å². The van der Waals surface area contributed by atoms with Crippen molar-refractivity contribution in [2.45, 2.75) is 26.3 Å². The maximum atomic E-state index is 11.6. The van der Waals surface area contributed by atoms with Gasteiger partial charge in [-0.1, -0.05) is 6.58 Å². The van der Waals surface area contributed by atoms with Gasteiger partial charge in [0.2, 0.25) is 0 Å². The van der Waals surface area contributed by atoms with Gasteiger partial charge in [-0.15, -0.1) is 11.3 Å². The van der Waals surface area contributed by atoms with Crippen molar-refractivity contribution in [3.8, 4) is 0 Å². The summed E-state index contributed by atoms with van der Waals surface area (Å²) in [6.07, 6.45) is 1.06. The highest BCUT2D eigenvalue weighted by Crippen LogP contribution is 2.32. The van der Waals surface area contributed by atoms with E-state index in [4.69, 9.17) is 4.74 Å². The Kier molecular flexibility index (Phi) is 4.19. The quantitative estimate of drug-likeness (QED) is 0.619. The van der Waals surface area contributed by atoms with E-state index in [0.29, 0.717) is 24.8 Å². The van der Waals surface area contributed by atoms with Gasteiger partial charge >= 0.3 is 5.97 Å². The highest BCUT2D eigenvalue weighted by Gasteiger charge is 2.26. The van der Waals surface area contributed by atoms with E-state index in [1.165, 1.54) is 10.4 Å². The molecule has 98 valence electrons. The normalized spacial score (nSPS) is 19.3. The molecule has 1 aromatic heterocycles. The van der Waals surface area contributed by atoms with Gasteiger partial charge in [0, 0.05) is 29.6 Å². The Morgan fingerprint density at radius 3 is 3.17 bits per heavy atom. The van der Waals surface area contributed by atoms with Gasteiger partial charge < -0.3 is 4.74 Å². The highest BCUT2D eigenvalue weighted by atomic mass is 32.1. The lowest BCUT2D eigenvalue weighted by Gasteiger charge is -2.33. The molecule has 0 radical (unpaired) electrons. The molecule has 0 bridgehead atoms. The lowest BCUT2D eigenvalue weighted by Crippen LogP contribution is -2.35. The first kappa shape index (κ1) is 13.3. The summed E-state index contributed by atoms with van der Waals surface area (Å²) in [5, 5.41) is 2.14. The maximum Gasteiger partial charge on any atom is 0.334 e. The van der Waals surface area contributed by atoms with Crippen molar-refractivity contribution >= 4 is 17.3 Å². The molecule has 2 heterocycles. The third kappa shape index (κ3) is 2.65. The largest absolute Gasteiger partial charge is 0.463 e. The average molecular weight is 265 g/mol. The van der Waals surface area contributed by atoms with Crippen LogP contribution < -0.4 is 0 Å². The first-order valence-corrected chi connectivity index (χ1v) is 7.16. The van der Waals surface area contributed by atoms with Crippen molar-refractivity contribution < 1.29 is 9.53 Å². The summed E-state index contributed by atoms with van der Waals surface area (Å²) in [5.41, 5.74) is 1.94. The van der Waals surface area contributed by atoms with Crippen molar-refractivity contribution in [1.82, 2.24) is 4.90 Å². The fourth-order valence-electron chi connectivity index (χ4n) is 2.32. The van der Waals surface area contributed by atoms with E-state index in [2.05, 4.69) is 29.8 Å². The molecule has 0 fully saturated rings. The minimum absolute atomic E-state index is 0.277. The van der Waals surface area contributed by atoms with Crippen LogP contribution in [0.3, 0.4) is 0 Å². The number of carbonyl (C=O) groups excluding carboxylic acids is 1. The second-order valence-electron chi connectivity index (χ2n) is 4.52. The molecule has 1 aliphatic heterocycles. The molecule has 4 heteroatoms. The van der Waals surface area contributed by atoms with Gasteiger partial charge in [-0.25, -0.2) is 4.79 Å². The Morgan fingerprint density at radius 1 is 1.67 bits per heavy atom. The maximum absolute atomic E-state index is 11.6. The third-order valence-electron chi connectivity index (χ3n) is 3.36. The molecule has 0 saturated carbocycles. The predicted octanol–water partition coefficient (Wildman–Crippen LogP) is 2.79. The fourth-order valence-corrected chi connectivity index (χ4v) is 3.28. The molecule has 0 amide bonds. The number of fused-ring (bicyclic) bond motifs is 1. The van der Waals surface area contributed by atoms with Crippen molar-refractivity contribution in [3.05, 3.63) is 34.0 Å². The molecule has 0 aromatic carbocycles. The number of nitrogens with zero attached hydrogens (tertiary/aromatic N) is 1. The summed E-state index contributed by atoms with van der Waals surface area (Å²) in [6, 6.07) is 2.54. The molecular weight excluding hydrogens is 246 g/mol. The Bertz CT molecular complexity index is 452. The molecule has 0 spiro atoms. The number of ether oxygens (including phenoxy) is 1. The number of carbonyl (C=O) groups is 1. The second-order valence-corrected chi connectivity index (χ2v) is 5.52. The van der Waals surface area contributed by atoms with Gasteiger partial charge in [-0.05, 0) is 37.3 Å². The summed E-state index contributed by atoms with van der Waals surface area (Å²) in [4.78, 5) is 15.3. The first-order valence-electron chi connectivity index (χ1n) is 6.28. The second kappa shape index (κ2) is 5.67. The lowest BCUT2D eigenvalue weighted by atomic mass is 10.0. The topological polar surface area (TPSA) is 29.5 Å². The zero-order valence-electron chi connectivity index (χ0n) is 10.9. The summed E-state index contributed by atoms with van der Waals surface area (Å²) >= 11 is 1.82. The summed E-state index contributed by atoms with van der Waals surface area (Å²) in [5.74, 6) is -0.277. The van der Waals surface area contributed by atoms with Crippen LogP contribution in [0.25, 0.3) is 0 Å². The minimum atomic E-state index is -0.277. The van der Waals surface area contributed by atoms with Crippen LogP contribution in [-0.2, 0) is 16.0 Å². The monoisotopic (exact) mass is 265 g/mol. The first-order chi connectivity index (χ1) is 8.63. The molecule has 1 unspecified atom stereocenters. The fraction of sp³-hybridized carbons (Fsp3) is 0.500. The van der Waals surface area contributed by atoms with Crippen molar-refractivity contribution in [3.63, 3.8) is 0 Å². The van der Waals surface area contributed by atoms with Gasteiger partial charge in [0.15, 0.2) is 0 Å². The molecule has 0 N–H and O–H groups in total. The van der Waals surface area contributed by atoms with E-state index in [1.807, 2.05) is 18.3 Å². The molecule has 18 heavy (non-hydrogen) atoms. The molecule has 0 aliphatic carbocycles. The van der Waals surface area contributed by atoms with Crippen LogP contribution in [-0.4, -0.2) is 30.6 Å². The summed E-state index contributed by atoms with van der Waals surface area (Å²) in [6.45, 7) is 9.80. The molecule has 1 aliphatic rings. The van der Waals surface area contributed by atoms with E-state index in [9.17, 15) is 4.79 Å². The average Bonchev–Trinajstić information content (AvgIpc) is 2.82.